The zero-order valence-corrected chi connectivity index (χ0v) is 17.1. The Bertz CT molecular complexity index is 1170. The van der Waals surface area contributed by atoms with Crippen LogP contribution in [-0.2, 0) is 4.79 Å². The first kappa shape index (κ1) is 22.4. The van der Waals surface area contributed by atoms with Crippen molar-refractivity contribution in [1.82, 2.24) is 4.57 Å². The highest BCUT2D eigenvalue weighted by atomic mass is 19.1. The molecule has 1 aromatic heterocycles. The predicted molar refractivity (Wildman–Crippen MR) is 109 cm³/mol. The van der Waals surface area contributed by atoms with Gasteiger partial charge < -0.3 is 10.2 Å². The van der Waals surface area contributed by atoms with Crippen molar-refractivity contribution in [3.63, 3.8) is 0 Å². The molecule has 0 amide bonds. The number of halogens is 3. The largest absolute Gasteiger partial charge is 0.503 e. The normalized spacial score (nSPS) is 12.3. The third-order valence-corrected chi connectivity index (χ3v) is 5.43. The van der Waals surface area contributed by atoms with Gasteiger partial charge in [-0.3, -0.25) is 14.2 Å². The van der Waals surface area contributed by atoms with E-state index in [1.807, 2.05) is 6.92 Å². The Balaban J connectivity index is 2.32. The second kappa shape index (κ2) is 8.83. The van der Waals surface area contributed by atoms with E-state index in [0.717, 1.165) is 35.6 Å². The third-order valence-electron chi connectivity index (χ3n) is 5.43. The van der Waals surface area contributed by atoms with Gasteiger partial charge >= 0.3 is 5.97 Å². The van der Waals surface area contributed by atoms with Crippen LogP contribution in [0.2, 0.25) is 0 Å². The van der Waals surface area contributed by atoms with Gasteiger partial charge in [0.2, 0.25) is 0 Å². The van der Waals surface area contributed by atoms with Crippen molar-refractivity contribution < 1.29 is 33.0 Å². The van der Waals surface area contributed by atoms with E-state index >= 15 is 0 Å². The molecular weight excluding hydrogens is 411 g/mol. The summed E-state index contributed by atoms with van der Waals surface area (Å²) in [6, 6.07) is 5.58. The lowest BCUT2D eigenvalue weighted by atomic mass is 9.90. The van der Waals surface area contributed by atoms with Crippen LogP contribution in [0.15, 0.2) is 30.3 Å². The molecule has 164 valence electrons. The molecule has 0 aliphatic carbocycles. The van der Waals surface area contributed by atoms with Crippen LogP contribution in [0.25, 0.3) is 10.9 Å². The highest BCUT2D eigenvalue weighted by Gasteiger charge is 2.32. The first-order valence-corrected chi connectivity index (χ1v) is 9.93. The van der Waals surface area contributed by atoms with Crippen LogP contribution in [0, 0.1) is 24.4 Å². The van der Waals surface area contributed by atoms with Crippen LogP contribution in [0.3, 0.4) is 0 Å². The molecule has 0 fully saturated rings. The zero-order chi connectivity index (χ0) is 22.9. The van der Waals surface area contributed by atoms with Gasteiger partial charge in [-0.25, -0.2) is 13.2 Å². The Hall–Kier alpha value is -3.29. The second-order valence-electron chi connectivity index (χ2n) is 7.45. The average molecular weight is 433 g/mol. The topological polar surface area (TPSA) is 79.5 Å². The van der Waals surface area contributed by atoms with Crippen LogP contribution in [0.5, 0.6) is 5.75 Å². The maximum atomic E-state index is 15.0. The van der Waals surface area contributed by atoms with Crippen molar-refractivity contribution in [3.8, 4) is 5.75 Å². The molecule has 8 heteroatoms. The van der Waals surface area contributed by atoms with E-state index in [0.29, 0.717) is 6.42 Å². The number of carboxylic acids is 1. The molecule has 2 aromatic carbocycles. The number of benzene rings is 2. The van der Waals surface area contributed by atoms with Crippen LogP contribution in [-0.4, -0.2) is 26.7 Å². The summed E-state index contributed by atoms with van der Waals surface area (Å²) in [5, 5.41) is 19.3. The SMILES string of the molecule is CCCCCC(C(=O)O)c1c(C)n(C(=O)c2cccc(F)c2)c2cc(F)c(O)c(F)c12. The molecule has 1 atom stereocenters. The maximum absolute atomic E-state index is 15.0. The number of hydrogen-bond donors (Lipinski definition) is 2. The fourth-order valence-electron chi connectivity index (χ4n) is 3.94. The molecule has 0 saturated heterocycles. The molecular formula is C23H22F3NO4. The minimum Gasteiger partial charge on any atom is -0.503 e. The molecule has 31 heavy (non-hydrogen) atoms. The van der Waals surface area contributed by atoms with E-state index < -0.39 is 41.0 Å². The van der Waals surface area contributed by atoms with E-state index in [4.69, 9.17) is 0 Å². The molecule has 1 heterocycles. The summed E-state index contributed by atoms with van der Waals surface area (Å²) < 4.78 is 43.8. The van der Waals surface area contributed by atoms with Crippen LogP contribution < -0.4 is 0 Å². The van der Waals surface area contributed by atoms with Crippen LogP contribution >= 0.6 is 0 Å². The summed E-state index contributed by atoms with van der Waals surface area (Å²) in [5.74, 6) is -7.70. The number of carboxylic acid groups (broad SMARTS) is 1. The minimum atomic E-state index is -1.33. The van der Waals surface area contributed by atoms with Crippen LogP contribution in [0.1, 0.15) is 60.1 Å². The molecule has 1 unspecified atom stereocenters. The summed E-state index contributed by atoms with van der Waals surface area (Å²) in [6.45, 7) is 3.38. The number of phenols is 1. The summed E-state index contributed by atoms with van der Waals surface area (Å²) in [4.78, 5) is 25.2. The standard InChI is InChI=1S/C23H22F3NO4/c1-3-4-5-9-15(23(30)31)18-12(2)27(22(29)13-7-6-8-14(24)10-13)17-11-16(25)21(28)20(26)19(17)18/h6-8,10-11,15,28H,3-5,9H2,1-2H3,(H,30,31). The Labute approximate surface area is 176 Å². The molecule has 5 nitrogen and oxygen atoms in total. The number of fused-ring (bicyclic) bond motifs is 1. The lowest BCUT2D eigenvalue weighted by molar-refractivity contribution is -0.139. The third kappa shape index (κ3) is 4.02. The maximum Gasteiger partial charge on any atom is 0.311 e. The average Bonchev–Trinajstić information content (AvgIpc) is 3.00. The molecule has 0 bridgehead atoms. The summed E-state index contributed by atoms with van der Waals surface area (Å²) in [7, 11) is 0. The van der Waals surface area contributed by atoms with E-state index in [9.17, 15) is 33.0 Å². The highest BCUT2D eigenvalue weighted by Crippen LogP contribution is 2.40. The van der Waals surface area contributed by atoms with Crippen molar-refractivity contribution in [2.45, 2.75) is 45.4 Å². The van der Waals surface area contributed by atoms with Gasteiger partial charge in [0, 0.05) is 22.7 Å². The number of carbonyl (C=O) groups excluding carboxylic acids is 1. The monoisotopic (exact) mass is 433 g/mol. The number of phenolic OH excluding ortho intramolecular Hbond substituents is 1. The number of hydrogen-bond acceptors (Lipinski definition) is 3. The predicted octanol–water partition coefficient (Wildman–Crippen LogP) is 5.51. The van der Waals surface area contributed by atoms with Crippen molar-refractivity contribution in [3.05, 3.63) is 64.6 Å². The highest BCUT2D eigenvalue weighted by molar-refractivity contribution is 6.05. The van der Waals surface area contributed by atoms with Gasteiger partial charge in [-0.2, -0.15) is 0 Å². The van der Waals surface area contributed by atoms with Crippen molar-refractivity contribution in [2.75, 3.05) is 0 Å². The second-order valence-corrected chi connectivity index (χ2v) is 7.45. The number of aliphatic carboxylic acids is 1. The Morgan fingerprint density at radius 3 is 2.45 bits per heavy atom. The molecule has 0 saturated carbocycles. The zero-order valence-electron chi connectivity index (χ0n) is 17.1. The number of aromatic nitrogens is 1. The lowest BCUT2D eigenvalue weighted by Crippen LogP contribution is -2.16. The number of unbranched alkanes of at least 4 members (excludes halogenated alkanes) is 2. The quantitative estimate of drug-likeness (QED) is 0.482. The fraction of sp³-hybridized carbons (Fsp3) is 0.304. The molecule has 2 N–H and O–H groups in total. The van der Waals surface area contributed by atoms with Crippen molar-refractivity contribution in [2.24, 2.45) is 0 Å². The van der Waals surface area contributed by atoms with Crippen molar-refractivity contribution in [1.29, 1.82) is 0 Å². The fourth-order valence-corrected chi connectivity index (χ4v) is 3.94. The first-order chi connectivity index (χ1) is 14.7. The van der Waals surface area contributed by atoms with Gasteiger partial charge in [0.25, 0.3) is 5.91 Å². The number of nitrogens with zero attached hydrogens (tertiary/aromatic N) is 1. The lowest BCUT2D eigenvalue weighted by Gasteiger charge is -2.14. The molecule has 0 radical (unpaired) electrons. The Morgan fingerprint density at radius 1 is 1.13 bits per heavy atom. The van der Waals surface area contributed by atoms with Gasteiger partial charge in [-0.1, -0.05) is 32.3 Å². The van der Waals surface area contributed by atoms with Gasteiger partial charge in [0.15, 0.2) is 17.4 Å². The number of rotatable bonds is 7. The number of aromatic hydroxyl groups is 1. The molecule has 0 aliphatic heterocycles. The minimum absolute atomic E-state index is 0.00356. The summed E-state index contributed by atoms with van der Waals surface area (Å²) >= 11 is 0. The van der Waals surface area contributed by atoms with Gasteiger partial charge in [0.05, 0.1) is 11.4 Å². The molecule has 3 aromatic rings. The summed E-state index contributed by atoms with van der Waals surface area (Å²) in [6.07, 6.45) is 2.32. The smallest absolute Gasteiger partial charge is 0.311 e. The molecule has 0 aliphatic rings. The van der Waals surface area contributed by atoms with E-state index in [2.05, 4.69) is 0 Å². The Kier molecular flexibility index (Phi) is 6.38. The first-order valence-electron chi connectivity index (χ1n) is 9.93. The van der Waals surface area contributed by atoms with E-state index in [-0.39, 0.29) is 34.1 Å². The van der Waals surface area contributed by atoms with E-state index in [1.165, 1.54) is 19.1 Å². The molecule has 3 rings (SSSR count). The van der Waals surface area contributed by atoms with Crippen LogP contribution in [0.4, 0.5) is 13.2 Å². The van der Waals surface area contributed by atoms with Crippen molar-refractivity contribution >= 4 is 22.8 Å². The summed E-state index contributed by atoms with van der Waals surface area (Å²) in [5.41, 5.74) is -0.206. The van der Waals surface area contributed by atoms with Gasteiger partial charge in [-0.15, -0.1) is 0 Å². The van der Waals surface area contributed by atoms with Gasteiger partial charge in [-0.05, 0) is 37.1 Å². The van der Waals surface area contributed by atoms with Gasteiger partial charge in [0.1, 0.15) is 5.82 Å². The van der Waals surface area contributed by atoms with E-state index in [1.54, 1.807) is 0 Å². The number of carbonyl (C=O) groups is 2. The Morgan fingerprint density at radius 2 is 1.84 bits per heavy atom. The molecule has 0 spiro atoms.